The largest absolute Gasteiger partial charge is 0.383 e. The van der Waals surface area contributed by atoms with Crippen LogP contribution in [-0.4, -0.2) is 29.9 Å². The fourth-order valence-corrected chi connectivity index (χ4v) is 4.46. The maximum absolute atomic E-state index is 13.0. The number of carbonyl (C=O) groups is 1. The molecular weight excluding hydrogens is 383 g/mol. The molecule has 0 aliphatic heterocycles. The smallest absolute Gasteiger partial charge is 0.258 e. The first kappa shape index (κ1) is 19.8. The van der Waals surface area contributed by atoms with Crippen molar-refractivity contribution in [2.45, 2.75) is 25.3 Å². The molecule has 27 heavy (non-hydrogen) atoms. The van der Waals surface area contributed by atoms with Crippen molar-refractivity contribution in [2.24, 2.45) is 4.99 Å². The van der Waals surface area contributed by atoms with E-state index in [0.717, 1.165) is 15.1 Å². The number of fused-ring (bicyclic) bond motifs is 1. The Balaban J connectivity index is 1.88. The summed E-state index contributed by atoms with van der Waals surface area (Å²) in [6.07, 6.45) is 0. The summed E-state index contributed by atoms with van der Waals surface area (Å²) in [6, 6.07) is 10.4. The number of carbonyl (C=O) groups excluding carboxylic acids is 1. The lowest BCUT2D eigenvalue weighted by molar-refractivity contribution is -0.115. The number of amides is 1. The number of aromatic nitrogens is 1. The van der Waals surface area contributed by atoms with Gasteiger partial charge >= 0.3 is 0 Å². The second kappa shape index (κ2) is 8.82. The maximum Gasteiger partial charge on any atom is 0.258 e. The molecule has 0 saturated carbocycles. The molecule has 3 aromatic rings. The minimum Gasteiger partial charge on any atom is -0.383 e. The van der Waals surface area contributed by atoms with E-state index in [2.05, 4.69) is 31.0 Å². The van der Waals surface area contributed by atoms with Crippen molar-refractivity contribution < 1.29 is 13.9 Å². The molecule has 0 saturated heterocycles. The number of ether oxygens (including phenoxy) is 1. The van der Waals surface area contributed by atoms with Crippen LogP contribution in [0.5, 0.6) is 0 Å². The Morgan fingerprint density at radius 3 is 2.63 bits per heavy atom. The number of halogens is 1. The molecule has 1 heterocycles. The Labute approximate surface area is 165 Å². The van der Waals surface area contributed by atoms with E-state index in [-0.39, 0.29) is 17.5 Å². The monoisotopic (exact) mass is 404 g/mol. The summed E-state index contributed by atoms with van der Waals surface area (Å²) in [5.41, 5.74) is 3.49. The van der Waals surface area contributed by atoms with E-state index in [0.29, 0.717) is 18.0 Å². The summed E-state index contributed by atoms with van der Waals surface area (Å²) in [6.45, 7) is 5.34. The lowest BCUT2D eigenvalue weighted by Gasteiger charge is -2.06. The molecule has 4 nitrogen and oxygen atoms in total. The van der Waals surface area contributed by atoms with Gasteiger partial charge in [-0.3, -0.25) is 4.79 Å². The molecule has 0 bridgehead atoms. The lowest BCUT2D eigenvalue weighted by atomic mass is 10.1. The fraction of sp³-hybridized carbons (Fsp3) is 0.300. The van der Waals surface area contributed by atoms with Crippen LogP contribution in [0.1, 0.15) is 11.1 Å². The van der Waals surface area contributed by atoms with Crippen LogP contribution in [-0.2, 0) is 16.1 Å². The van der Waals surface area contributed by atoms with Gasteiger partial charge in [0.15, 0.2) is 4.80 Å². The zero-order valence-corrected chi connectivity index (χ0v) is 17.1. The number of aryl methyl sites for hydroxylation is 2. The second-order valence-electron chi connectivity index (χ2n) is 6.18. The zero-order chi connectivity index (χ0) is 19.4. The molecule has 0 aliphatic carbocycles. The molecule has 2 aromatic carbocycles. The number of rotatable bonds is 6. The van der Waals surface area contributed by atoms with Gasteiger partial charge in [-0.15, -0.1) is 11.8 Å². The highest BCUT2D eigenvalue weighted by Crippen LogP contribution is 2.22. The Kier molecular flexibility index (Phi) is 6.46. The summed E-state index contributed by atoms with van der Waals surface area (Å²) in [5.74, 6) is -0.289. The van der Waals surface area contributed by atoms with Gasteiger partial charge < -0.3 is 9.30 Å². The number of hydrogen-bond acceptors (Lipinski definition) is 4. The molecule has 0 N–H and O–H groups in total. The molecule has 142 valence electrons. The van der Waals surface area contributed by atoms with Crippen molar-refractivity contribution >= 4 is 39.2 Å². The molecule has 0 spiro atoms. The van der Waals surface area contributed by atoms with Gasteiger partial charge in [0.05, 0.1) is 22.6 Å². The summed E-state index contributed by atoms with van der Waals surface area (Å²) in [4.78, 5) is 18.2. The molecule has 0 radical (unpaired) electrons. The molecule has 7 heteroatoms. The third-order valence-corrected chi connectivity index (χ3v) is 6.25. The standard InChI is InChI=1S/C20H21FN2O2S2/c1-13-10-17-18(11-14(13)2)27-20(23(17)8-9-25-3)22-19(24)12-26-16-6-4-15(21)5-7-16/h4-7,10-11H,8-9,12H2,1-3H3. The SMILES string of the molecule is COCCn1c(=NC(=O)CSc2ccc(F)cc2)sc2cc(C)c(C)cc21. The van der Waals surface area contributed by atoms with Crippen LogP contribution in [0.2, 0.25) is 0 Å². The van der Waals surface area contributed by atoms with Crippen molar-refractivity contribution in [3.8, 4) is 0 Å². The third-order valence-electron chi connectivity index (χ3n) is 4.21. The normalized spacial score (nSPS) is 12.1. The first-order valence-corrected chi connectivity index (χ1v) is 10.3. The number of hydrogen-bond donors (Lipinski definition) is 0. The van der Waals surface area contributed by atoms with Crippen molar-refractivity contribution in [3.05, 3.63) is 58.1 Å². The van der Waals surface area contributed by atoms with Crippen molar-refractivity contribution in [3.63, 3.8) is 0 Å². The van der Waals surface area contributed by atoms with E-state index in [4.69, 9.17) is 4.74 Å². The zero-order valence-electron chi connectivity index (χ0n) is 15.5. The highest BCUT2D eigenvalue weighted by molar-refractivity contribution is 8.00. The summed E-state index contributed by atoms with van der Waals surface area (Å²) in [5, 5.41) is 0. The lowest BCUT2D eigenvalue weighted by Crippen LogP contribution is -2.19. The predicted molar refractivity (Wildman–Crippen MR) is 109 cm³/mol. The molecule has 1 amide bonds. The van der Waals surface area contributed by atoms with E-state index in [1.165, 1.54) is 46.4 Å². The van der Waals surface area contributed by atoms with Gasteiger partial charge in [-0.05, 0) is 61.4 Å². The summed E-state index contributed by atoms with van der Waals surface area (Å²) < 4.78 is 21.3. The molecule has 0 atom stereocenters. The Morgan fingerprint density at radius 2 is 1.93 bits per heavy atom. The van der Waals surface area contributed by atoms with E-state index in [1.807, 2.05) is 4.57 Å². The van der Waals surface area contributed by atoms with E-state index in [1.54, 1.807) is 19.2 Å². The Morgan fingerprint density at radius 1 is 1.22 bits per heavy atom. The summed E-state index contributed by atoms with van der Waals surface area (Å²) in [7, 11) is 1.66. The average Bonchev–Trinajstić information content (AvgIpc) is 2.96. The van der Waals surface area contributed by atoms with Gasteiger partial charge in [0.2, 0.25) is 0 Å². The molecule has 1 aromatic heterocycles. The maximum atomic E-state index is 13.0. The molecule has 0 fully saturated rings. The van der Waals surface area contributed by atoms with Gasteiger partial charge in [-0.1, -0.05) is 11.3 Å². The van der Waals surface area contributed by atoms with Gasteiger partial charge in [0.25, 0.3) is 5.91 Å². The van der Waals surface area contributed by atoms with Crippen LogP contribution < -0.4 is 4.80 Å². The Hall–Kier alpha value is -1.96. The van der Waals surface area contributed by atoms with Crippen LogP contribution in [0.4, 0.5) is 4.39 Å². The average molecular weight is 405 g/mol. The van der Waals surface area contributed by atoms with E-state index >= 15 is 0 Å². The van der Waals surface area contributed by atoms with Crippen LogP contribution in [0, 0.1) is 19.7 Å². The number of methoxy groups -OCH3 is 1. The van der Waals surface area contributed by atoms with Gasteiger partial charge in [-0.2, -0.15) is 4.99 Å². The molecule has 0 unspecified atom stereocenters. The first-order valence-electron chi connectivity index (χ1n) is 8.53. The van der Waals surface area contributed by atoms with E-state index < -0.39 is 0 Å². The number of benzene rings is 2. The van der Waals surface area contributed by atoms with Crippen molar-refractivity contribution in [2.75, 3.05) is 19.5 Å². The molecule has 0 aliphatic rings. The number of nitrogens with zero attached hydrogens (tertiary/aromatic N) is 2. The predicted octanol–water partition coefficient (Wildman–Crippen LogP) is 4.32. The first-order chi connectivity index (χ1) is 13.0. The highest BCUT2D eigenvalue weighted by Gasteiger charge is 2.10. The van der Waals surface area contributed by atoms with Crippen LogP contribution in [0.25, 0.3) is 10.2 Å². The van der Waals surface area contributed by atoms with Crippen LogP contribution in [0.15, 0.2) is 46.3 Å². The summed E-state index contributed by atoms with van der Waals surface area (Å²) >= 11 is 2.86. The minimum absolute atomic E-state index is 0.211. The van der Waals surface area contributed by atoms with Crippen molar-refractivity contribution in [1.82, 2.24) is 4.57 Å². The van der Waals surface area contributed by atoms with Crippen LogP contribution >= 0.6 is 23.1 Å². The minimum atomic E-state index is -0.287. The van der Waals surface area contributed by atoms with E-state index in [9.17, 15) is 9.18 Å². The quantitative estimate of drug-likeness (QED) is 0.575. The second-order valence-corrected chi connectivity index (χ2v) is 8.24. The topological polar surface area (TPSA) is 43.6 Å². The van der Waals surface area contributed by atoms with Crippen LogP contribution in [0.3, 0.4) is 0 Å². The van der Waals surface area contributed by atoms with Gasteiger partial charge in [-0.25, -0.2) is 4.39 Å². The van der Waals surface area contributed by atoms with Crippen molar-refractivity contribution in [1.29, 1.82) is 0 Å². The highest BCUT2D eigenvalue weighted by atomic mass is 32.2. The van der Waals surface area contributed by atoms with Gasteiger partial charge in [0, 0.05) is 18.6 Å². The number of thioether (sulfide) groups is 1. The van der Waals surface area contributed by atoms with Gasteiger partial charge in [0.1, 0.15) is 5.82 Å². The Bertz CT molecular complexity index is 1020. The third kappa shape index (κ3) is 4.86. The molecule has 3 rings (SSSR count). The molecular formula is C20H21FN2O2S2. The fourth-order valence-electron chi connectivity index (χ4n) is 2.62. The number of thiazole rings is 1.